The lowest BCUT2D eigenvalue weighted by molar-refractivity contribution is 0.0995. The number of amides is 1. The van der Waals surface area contributed by atoms with Crippen molar-refractivity contribution in [3.05, 3.63) is 65.1 Å². The van der Waals surface area contributed by atoms with Crippen molar-refractivity contribution in [2.24, 2.45) is 0 Å². The number of thiazole rings is 1. The first-order valence-corrected chi connectivity index (χ1v) is 9.67. The molecule has 2 aromatic heterocycles. The largest absolute Gasteiger partial charge is 0.459 e. The van der Waals surface area contributed by atoms with Gasteiger partial charge in [0.05, 0.1) is 12.0 Å². The van der Waals surface area contributed by atoms with Gasteiger partial charge in [-0.1, -0.05) is 18.2 Å². The number of anilines is 1. The molecule has 3 aromatic rings. The summed E-state index contributed by atoms with van der Waals surface area (Å²) in [6.07, 6.45) is 3.97. The van der Waals surface area contributed by atoms with Gasteiger partial charge in [0.15, 0.2) is 10.9 Å². The topological polar surface area (TPSA) is 55.1 Å². The van der Waals surface area contributed by atoms with Gasteiger partial charge in [0.2, 0.25) is 0 Å². The maximum Gasteiger partial charge on any atom is 0.293 e. The Morgan fingerprint density at radius 3 is 2.92 bits per heavy atom. The SMILES string of the molecule is O=C(Nc1nc(C2CC2)cs1)c1occc1CSc1ccccc1. The first-order valence-electron chi connectivity index (χ1n) is 7.80. The maximum absolute atomic E-state index is 12.5. The summed E-state index contributed by atoms with van der Waals surface area (Å²) < 4.78 is 5.41. The van der Waals surface area contributed by atoms with Crippen LogP contribution < -0.4 is 5.32 Å². The van der Waals surface area contributed by atoms with Gasteiger partial charge in [0.1, 0.15) is 0 Å². The Balaban J connectivity index is 1.41. The van der Waals surface area contributed by atoms with Crippen LogP contribution in [0.4, 0.5) is 5.13 Å². The molecule has 0 atom stereocenters. The number of rotatable bonds is 6. The Labute approximate surface area is 148 Å². The van der Waals surface area contributed by atoms with Crippen molar-refractivity contribution in [1.29, 1.82) is 0 Å². The lowest BCUT2D eigenvalue weighted by Crippen LogP contribution is -2.12. The van der Waals surface area contributed by atoms with E-state index in [4.69, 9.17) is 4.42 Å². The van der Waals surface area contributed by atoms with Crippen molar-refractivity contribution in [2.75, 3.05) is 5.32 Å². The molecule has 1 saturated carbocycles. The number of benzene rings is 1. The average Bonchev–Trinajstić information content (AvgIpc) is 3.17. The van der Waals surface area contributed by atoms with Gasteiger partial charge in [-0.3, -0.25) is 10.1 Å². The van der Waals surface area contributed by atoms with E-state index in [1.54, 1.807) is 18.0 Å². The van der Waals surface area contributed by atoms with Crippen molar-refractivity contribution in [2.45, 2.75) is 29.4 Å². The van der Waals surface area contributed by atoms with E-state index in [1.165, 1.54) is 29.1 Å². The molecule has 24 heavy (non-hydrogen) atoms. The van der Waals surface area contributed by atoms with Crippen LogP contribution in [0.5, 0.6) is 0 Å². The Bertz CT molecular complexity index is 838. The van der Waals surface area contributed by atoms with E-state index in [9.17, 15) is 4.79 Å². The Morgan fingerprint density at radius 2 is 2.12 bits per heavy atom. The number of hydrogen-bond donors (Lipinski definition) is 1. The zero-order chi connectivity index (χ0) is 16.4. The van der Waals surface area contributed by atoms with Gasteiger partial charge >= 0.3 is 0 Å². The van der Waals surface area contributed by atoms with Crippen LogP contribution in [-0.2, 0) is 5.75 Å². The maximum atomic E-state index is 12.5. The Hall–Kier alpha value is -2.05. The van der Waals surface area contributed by atoms with Crippen molar-refractivity contribution < 1.29 is 9.21 Å². The molecule has 0 bridgehead atoms. The third-order valence-corrected chi connectivity index (χ3v) is 5.67. The summed E-state index contributed by atoms with van der Waals surface area (Å²) in [5, 5.41) is 5.52. The Morgan fingerprint density at radius 1 is 1.29 bits per heavy atom. The molecule has 0 unspecified atom stereocenters. The van der Waals surface area contributed by atoms with Crippen molar-refractivity contribution in [1.82, 2.24) is 4.98 Å². The first-order chi connectivity index (χ1) is 11.8. The van der Waals surface area contributed by atoms with Crippen LogP contribution in [0.25, 0.3) is 0 Å². The minimum absolute atomic E-state index is 0.236. The minimum Gasteiger partial charge on any atom is -0.459 e. The number of aromatic nitrogens is 1. The summed E-state index contributed by atoms with van der Waals surface area (Å²) in [4.78, 5) is 18.1. The lowest BCUT2D eigenvalue weighted by Gasteiger charge is -2.03. The van der Waals surface area contributed by atoms with Crippen molar-refractivity contribution in [3.8, 4) is 0 Å². The molecule has 6 heteroatoms. The fourth-order valence-electron chi connectivity index (χ4n) is 2.39. The normalized spacial score (nSPS) is 13.8. The molecule has 0 radical (unpaired) electrons. The third kappa shape index (κ3) is 3.55. The summed E-state index contributed by atoms with van der Waals surface area (Å²) in [6.45, 7) is 0. The highest BCUT2D eigenvalue weighted by Crippen LogP contribution is 2.41. The molecule has 0 aliphatic heterocycles. The molecule has 122 valence electrons. The minimum atomic E-state index is -0.236. The molecule has 4 nitrogen and oxygen atoms in total. The second-order valence-corrected chi connectivity index (χ2v) is 7.59. The zero-order valence-corrected chi connectivity index (χ0v) is 14.5. The predicted molar refractivity (Wildman–Crippen MR) is 96.8 cm³/mol. The van der Waals surface area contributed by atoms with Gasteiger partial charge in [-0.15, -0.1) is 23.1 Å². The molecule has 1 aromatic carbocycles. The van der Waals surface area contributed by atoms with Gasteiger partial charge in [-0.2, -0.15) is 0 Å². The van der Waals surface area contributed by atoms with Gasteiger partial charge < -0.3 is 4.42 Å². The molecule has 4 rings (SSSR count). The highest BCUT2D eigenvalue weighted by atomic mass is 32.2. The van der Waals surface area contributed by atoms with Crippen LogP contribution in [0.2, 0.25) is 0 Å². The number of carbonyl (C=O) groups excluding carboxylic acids is 1. The van der Waals surface area contributed by atoms with Crippen molar-refractivity contribution >= 4 is 34.1 Å². The van der Waals surface area contributed by atoms with Crippen LogP contribution >= 0.6 is 23.1 Å². The number of nitrogens with one attached hydrogen (secondary N) is 1. The molecule has 1 aliphatic rings. The zero-order valence-electron chi connectivity index (χ0n) is 12.9. The lowest BCUT2D eigenvalue weighted by atomic mass is 10.3. The highest BCUT2D eigenvalue weighted by Gasteiger charge is 2.26. The number of carbonyl (C=O) groups is 1. The number of furan rings is 1. The Kier molecular flexibility index (Phi) is 4.40. The van der Waals surface area contributed by atoms with Crippen LogP contribution in [0.1, 0.15) is 40.6 Å². The fourth-order valence-corrected chi connectivity index (χ4v) is 4.08. The summed E-state index contributed by atoms with van der Waals surface area (Å²) in [5.74, 6) is 1.41. The van der Waals surface area contributed by atoms with E-state index in [0.717, 1.165) is 11.3 Å². The third-order valence-electron chi connectivity index (χ3n) is 3.83. The van der Waals surface area contributed by atoms with E-state index >= 15 is 0 Å². The molecular weight excluding hydrogens is 340 g/mol. The average molecular weight is 356 g/mol. The van der Waals surface area contributed by atoms with Gasteiger partial charge in [-0.05, 0) is 31.0 Å². The van der Waals surface area contributed by atoms with E-state index < -0.39 is 0 Å². The summed E-state index contributed by atoms with van der Waals surface area (Å²) in [6, 6.07) is 12.0. The van der Waals surface area contributed by atoms with Crippen LogP contribution in [0, 0.1) is 0 Å². The molecule has 1 N–H and O–H groups in total. The standard InChI is InChI=1S/C18H16N2O2S2/c21-17(20-18-19-15(11-24-18)12-6-7-12)16-13(8-9-22-16)10-23-14-4-2-1-3-5-14/h1-5,8-9,11-12H,6-7,10H2,(H,19,20,21). The van der Waals surface area contributed by atoms with E-state index in [-0.39, 0.29) is 5.91 Å². The monoisotopic (exact) mass is 356 g/mol. The van der Waals surface area contributed by atoms with Crippen LogP contribution in [-0.4, -0.2) is 10.9 Å². The van der Waals surface area contributed by atoms with Gasteiger partial charge in [-0.25, -0.2) is 4.98 Å². The number of hydrogen-bond acceptors (Lipinski definition) is 5. The van der Waals surface area contributed by atoms with E-state index in [1.807, 2.05) is 29.6 Å². The second kappa shape index (κ2) is 6.83. The van der Waals surface area contributed by atoms with Crippen LogP contribution in [0.15, 0.2) is 57.4 Å². The van der Waals surface area contributed by atoms with Crippen LogP contribution in [0.3, 0.4) is 0 Å². The molecule has 2 heterocycles. The number of nitrogens with zero attached hydrogens (tertiary/aromatic N) is 1. The summed E-state index contributed by atoms with van der Waals surface area (Å²) in [7, 11) is 0. The van der Waals surface area contributed by atoms with E-state index in [2.05, 4.69) is 22.4 Å². The fraction of sp³-hybridized carbons (Fsp3) is 0.222. The summed E-state index contributed by atoms with van der Waals surface area (Å²) in [5.41, 5.74) is 1.98. The predicted octanol–water partition coefficient (Wildman–Crippen LogP) is 5.16. The molecule has 0 spiro atoms. The smallest absolute Gasteiger partial charge is 0.293 e. The van der Waals surface area contributed by atoms with E-state index in [0.29, 0.717) is 22.6 Å². The van der Waals surface area contributed by atoms with Crippen molar-refractivity contribution in [3.63, 3.8) is 0 Å². The quantitative estimate of drug-likeness (QED) is 0.620. The highest BCUT2D eigenvalue weighted by molar-refractivity contribution is 7.98. The van der Waals surface area contributed by atoms with Gasteiger partial charge in [0, 0.05) is 27.5 Å². The molecule has 0 saturated heterocycles. The van der Waals surface area contributed by atoms with Gasteiger partial charge in [0.25, 0.3) is 5.91 Å². The first kappa shape index (κ1) is 15.5. The molecule has 1 amide bonds. The second-order valence-electron chi connectivity index (χ2n) is 5.68. The summed E-state index contributed by atoms with van der Waals surface area (Å²) >= 11 is 3.15. The molecule has 1 fully saturated rings. The molecule has 1 aliphatic carbocycles. The number of thioether (sulfide) groups is 1. The molecular formula is C18H16N2O2S2.